The van der Waals surface area contributed by atoms with Crippen LogP contribution in [0, 0.1) is 11.8 Å². The van der Waals surface area contributed by atoms with Gasteiger partial charge in [-0.15, -0.1) is 0 Å². The molecule has 2 aliphatic heterocycles. The fraction of sp³-hybridized carbons (Fsp3) is 0.875. The summed E-state index contributed by atoms with van der Waals surface area (Å²) in [5, 5.41) is 0. The van der Waals surface area contributed by atoms with Gasteiger partial charge in [-0.2, -0.15) is 0 Å². The molecular formula is C16H25NO3. The van der Waals surface area contributed by atoms with Crippen molar-refractivity contribution in [3.8, 4) is 0 Å². The lowest BCUT2D eigenvalue weighted by Crippen LogP contribution is -2.51. The number of Topliss-reactive ketones (excluding diaryl/α,β-unsaturated/α-hetero) is 1. The molecule has 0 N–H and O–H groups in total. The van der Waals surface area contributed by atoms with Gasteiger partial charge in [-0.05, 0) is 44.9 Å². The Morgan fingerprint density at radius 2 is 2.00 bits per heavy atom. The molecule has 4 heteroatoms. The summed E-state index contributed by atoms with van der Waals surface area (Å²) in [6.07, 6.45) is 7.88. The topological polar surface area (TPSA) is 46.6 Å². The van der Waals surface area contributed by atoms with E-state index in [0.717, 1.165) is 64.5 Å². The van der Waals surface area contributed by atoms with E-state index in [2.05, 4.69) is 0 Å². The van der Waals surface area contributed by atoms with Gasteiger partial charge < -0.3 is 9.64 Å². The zero-order chi connectivity index (χ0) is 13.9. The molecule has 3 aliphatic rings. The number of carbonyl (C=O) groups is 2. The molecule has 4 nitrogen and oxygen atoms in total. The van der Waals surface area contributed by atoms with Crippen LogP contribution < -0.4 is 0 Å². The number of hydrogen-bond acceptors (Lipinski definition) is 3. The summed E-state index contributed by atoms with van der Waals surface area (Å²) in [5.41, 5.74) is 0. The fourth-order valence-electron chi connectivity index (χ4n) is 4.07. The van der Waals surface area contributed by atoms with E-state index in [1.807, 2.05) is 4.90 Å². The predicted molar refractivity (Wildman–Crippen MR) is 75.2 cm³/mol. The smallest absolute Gasteiger partial charge is 0.228 e. The molecule has 1 aliphatic carbocycles. The Morgan fingerprint density at radius 1 is 1.10 bits per heavy atom. The van der Waals surface area contributed by atoms with Crippen molar-refractivity contribution >= 4 is 11.7 Å². The normalized spacial score (nSPS) is 35.3. The van der Waals surface area contributed by atoms with Gasteiger partial charge >= 0.3 is 0 Å². The molecule has 0 aromatic carbocycles. The van der Waals surface area contributed by atoms with Gasteiger partial charge in [-0.3, -0.25) is 9.59 Å². The number of ketones is 1. The summed E-state index contributed by atoms with van der Waals surface area (Å²) in [4.78, 5) is 26.9. The molecule has 1 amide bonds. The fourth-order valence-corrected chi connectivity index (χ4v) is 4.07. The predicted octanol–water partition coefficient (Wildman–Crippen LogP) is 2.16. The van der Waals surface area contributed by atoms with Gasteiger partial charge in [0.15, 0.2) is 0 Å². The minimum Gasteiger partial charge on any atom is -0.381 e. The van der Waals surface area contributed by atoms with Crippen molar-refractivity contribution in [1.29, 1.82) is 0 Å². The van der Waals surface area contributed by atoms with Crippen molar-refractivity contribution in [3.05, 3.63) is 0 Å². The number of amides is 1. The van der Waals surface area contributed by atoms with Crippen molar-refractivity contribution in [1.82, 2.24) is 4.90 Å². The van der Waals surface area contributed by atoms with E-state index < -0.39 is 0 Å². The van der Waals surface area contributed by atoms with Crippen LogP contribution in [0.1, 0.15) is 51.4 Å². The standard InChI is InChI=1S/C16H25NO3/c18-15-8-3-6-13(15)14-7-1-2-9-17(14)16(19)12-5-4-10-20-11-12/h12-14H,1-11H2. The van der Waals surface area contributed by atoms with Gasteiger partial charge in [0.05, 0.1) is 12.5 Å². The lowest BCUT2D eigenvalue weighted by atomic mass is 9.87. The zero-order valence-corrected chi connectivity index (χ0v) is 12.2. The molecule has 0 aromatic heterocycles. The summed E-state index contributed by atoms with van der Waals surface area (Å²) < 4.78 is 5.46. The number of carbonyl (C=O) groups excluding carboxylic acids is 2. The molecule has 0 bridgehead atoms. The molecule has 3 atom stereocenters. The first-order chi connectivity index (χ1) is 9.77. The van der Waals surface area contributed by atoms with E-state index in [1.165, 1.54) is 0 Å². The highest BCUT2D eigenvalue weighted by Crippen LogP contribution is 2.34. The highest BCUT2D eigenvalue weighted by molar-refractivity contribution is 5.85. The molecule has 112 valence electrons. The number of rotatable bonds is 2. The second-order valence-electron chi connectivity index (χ2n) is 6.47. The van der Waals surface area contributed by atoms with Crippen molar-refractivity contribution in [2.45, 2.75) is 57.4 Å². The molecular weight excluding hydrogens is 254 g/mol. The van der Waals surface area contributed by atoms with Gasteiger partial charge in [-0.25, -0.2) is 0 Å². The molecule has 2 saturated heterocycles. The molecule has 0 radical (unpaired) electrons. The number of likely N-dealkylation sites (tertiary alicyclic amines) is 1. The Labute approximate surface area is 120 Å². The van der Waals surface area contributed by atoms with Crippen molar-refractivity contribution in [3.63, 3.8) is 0 Å². The van der Waals surface area contributed by atoms with E-state index in [1.54, 1.807) is 0 Å². The van der Waals surface area contributed by atoms with Crippen LogP contribution in [0.3, 0.4) is 0 Å². The summed E-state index contributed by atoms with van der Waals surface area (Å²) in [6.45, 7) is 2.19. The SMILES string of the molecule is O=C1CCCC1C1CCCCN1C(=O)C1CCCOC1. The van der Waals surface area contributed by atoms with Crippen LogP contribution in [0.15, 0.2) is 0 Å². The average Bonchev–Trinajstić information content (AvgIpc) is 2.93. The first-order valence-corrected chi connectivity index (χ1v) is 8.18. The van der Waals surface area contributed by atoms with E-state index in [0.29, 0.717) is 12.4 Å². The largest absolute Gasteiger partial charge is 0.381 e. The maximum atomic E-state index is 12.8. The third-order valence-electron chi connectivity index (χ3n) is 5.16. The third kappa shape index (κ3) is 2.76. The average molecular weight is 279 g/mol. The van der Waals surface area contributed by atoms with Crippen LogP contribution in [0.5, 0.6) is 0 Å². The Morgan fingerprint density at radius 3 is 2.70 bits per heavy atom. The maximum absolute atomic E-state index is 12.8. The van der Waals surface area contributed by atoms with Crippen LogP contribution >= 0.6 is 0 Å². The van der Waals surface area contributed by atoms with Crippen LogP contribution in [-0.4, -0.2) is 42.4 Å². The molecule has 0 spiro atoms. The van der Waals surface area contributed by atoms with Gasteiger partial charge in [0.1, 0.15) is 5.78 Å². The summed E-state index contributed by atoms with van der Waals surface area (Å²) in [7, 11) is 0. The maximum Gasteiger partial charge on any atom is 0.228 e. The first-order valence-electron chi connectivity index (χ1n) is 8.18. The number of piperidine rings is 1. The third-order valence-corrected chi connectivity index (χ3v) is 5.16. The highest BCUT2D eigenvalue weighted by atomic mass is 16.5. The molecule has 3 fully saturated rings. The summed E-state index contributed by atoms with van der Waals surface area (Å²) in [5.74, 6) is 0.772. The number of hydrogen-bond donors (Lipinski definition) is 0. The summed E-state index contributed by atoms with van der Waals surface area (Å²) in [6, 6.07) is 0.174. The summed E-state index contributed by atoms with van der Waals surface area (Å²) >= 11 is 0. The number of nitrogens with zero attached hydrogens (tertiary/aromatic N) is 1. The highest BCUT2D eigenvalue weighted by Gasteiger charge is 2.40. The van der Waals surface area contributed by atoms with Crippen LogP contribution in [-0.2, 0) is 14.3 Å². The van der Waals surface area contributed by atoms with Gasteiger partial charge in [0.2, 0.25) is 5.91 Å². The van der Waals surface area contributed by atoms with Crippen molar-refractivity contribution in [2.75, 3.05) is 19.8 Å². The molecule has 0 aromatic rings. The molecule has 20 heavy (non-hydrogen) atoms. The molecule has 1 saturated carbocycles. The van der Waals surface area contributed by atoms with E-state index in [-0.39, 0.29) is 23.8 Å². The quantitative estimate of drug-likeness (QED) is 0.778. The van der Waals surface area contributed by atoms with E-state index >= 15 is 0 Å². The second-order valence-corrected chi connectivity index (χ2v) is 6.47. The van der Waals surface area contributed by atoms with Crippen LogP contribution in [0.25, 0.3) is 0 Å². The number of ether oxygens (including phenoxy) is 1. The van der Waals surface area contributed by atoms with E-state index in [9.17, 15) is 9.59 Å². The molecule has 2 heterocycles. The van der Waals surface area contributed by atoms with Crippen molar-refractivity contribution < 1.29 is 14.3 Å². The zero-order valence-electron chi connectivity index (χ0n) is 12.2. The van der Waals surface area contributed by atoms with Crippen molar-refractivity contribution in [2.24, 2.45) is 11.8 Å². The monoisotopic (exact) mass is 279 g/mol. The van der Waals surface area contributed by atoms with Crippen LogP contribution in [0.4, 0.5) is 0 Å². The minimum atomic E-state index is 0.0286. The Kier molecular flexibility index (Phi) is 4.39. The Hall–Kier alpha value is -0.900. The first kappa shape index (κ1) is 14.1. The van der Waals surface area contributed by atoms with Gasteiger partial charge in [0.25, 0.3) is 0 Å². The lowest BCUT2D eigenvalue weighted by molar-refractivity contribution is -0.145. The Bertz CT molecular complexity index is 376. The van der Waals surface area contributed by atoms with E-state index in [4.69, 9.17) is 4.74 Å². The van der Waals surface area contributed by atoms with Gasteiger partial charge in [-0.1, -0.05) is 0 Å². The minimum absolute atomic E-state index is 0.0286. The van der Waals surface area contributed by atoms with Gasteiger partial charge in [0, 0.05) is 31.5 Å². The molecule has 3 unspecified atom stereocenters. The Balaban J connectivity index is 1.71. The molecule has 3 rings (SSSR count). The van der Waals surface area contributed by atoms with Crippen LogP contribution in [0.2, 0.25) is 0 Å². The second kappa shape index (κ2) is 6.25. The lowest BCUT2D eigenvalue weighted by Gasteiger charge is -2.41.